The minimum atomic E-state index is 1.07. The third-order valence-corrected chi connectivity index (χ3v) is 2.56. The third kappa shape index (κ3) is 3.55. The molecular weight excluding hydrogens is 160 g/mol. The minimum absolute atomic E-state index is 1.07. The molecule has 0 amide bonds. The van der Waals surface area contributed by atoms with Crippen LogP contribution in [0.5, 0.6) is 0 Å². The molecule has 0 fully saturated rings. The summed E-state index contributed by atoms with van der Waals surface area (Å²) in [7, 11) is 4.51. The largest absolute Gasteiger partial charge is 0.328 e. The lowest BCUT2D eigenvalue weighted by Crippen LogP contribution is -2.40. The maximum atomic E-state index is 4.31. The van der Waals surface area contributed by atoms with Crippen LogP contribution in [0.15, 0.2) is 24.4 Å². The number of nitrogens with zero attached hydrogens (tertiary/aromatic N) is 2. The van der Waals surface area contributed by atoms with Crippen molar-refractivity contribution < 1.29 is 4.48 Å². The number of hydrogen-bond acceptors (Lipinski definition) is 1. The zero-order valence-electron chi connectivity index (χ0n) is 8.83. The Morgan fingerprint density at radius 1 is 1.31 bits per heavy atom. The summed E-state index contributed by atoms with van der Waals surface area (Å²) in [5.41, 5.74) is 1.20. The van der Waals surface area contributed by atoms with Gasteiger partial charge in [-0.15, -0.1) is 0 Å². The van der Waals surface area contributed by atoms with Gasteiger partial charge >= 0.3 is 0 Å². The Bertz CT molecular complexity index is 242. The summed E-state index contributed by atoms with van der Waals surface area (Å²) in [6.07, 6.45) is 2.93. The third-order valence-electron chi connectivity index (χ3n) is 2.56. The second-order valence-corrected chi connectivity index (χ2v) is 4.05. The molecule has 0 aliphatic heterocycles. The van der Waals surface area contributed by atoms with Crippen LogP contribution >= 0.6 is 0 Å². The van der Waals surface area contributed by atoms with E-state index in [9.17, 15) is 0 Å². The smallest absolute Gasteiger partial charge is 0.0838 e. The first-order chi connectivity index (χ1) is 6.14. The molecule has 0 atom stereocenters. The lowest BCUT2D eigenvalue weighted by molar-refractivity contribution is -0.888. The Morgan fingerprint density at radius 2 is 2.08 bits per heavy atom. The lowest BCUT2D eigenvalue weighted by Gasteiger charge is -2.27. The first kappa shape index (κ1) is 10.2. The fraction of sp³-hybridized carbons (Fsp3) is 0.545. The van der Waals surface area contributed by atoms with Crippen molar-refractivity contribution in [3.63, 3.8) is 0 Å². The van der Waals surface area contributed by atoms with Gasteiger partial charge in [-0.1, -0.05) is 6.07 Å². The number of rotatable bonds is 4. The van der Waals surface area contributed by atoms with Crippen molar-refractivity contribution in [3.05, 3.63) is 30.1 Å². The Morgan fingerprint density at radius 3 is 2.62 bits per heavy atom. The van der Waals surface area contributed by atoms with Crippen molar-refractivity contribution in [1.82, 2.24) is 4.98 Å². The molecule has 0 aromatic carbocycles. The van der Waals surface area contributed by atoms with Gasteiger partial charge in [0.05, 0.1) is 27.2 Å². The predicted molar refractivity (Wildman–Crippen MR) is 55.5 cm³/mol. The van der Waals surface area contributed by atoms with E-state index in [0.29, 0.717) is 0 Å². The molecular formula is C11H19N2+. The summed E-state index contributed by atoms with van der Waals surface area (Å²) in [6.45, 7) is 4.55. The first-order valence-electron chi connectivity index (χ1n) is 4.86. The maximum Gasteiger partial charge on any atom is 0.0838 e. The standard InChI is InChI=1S/C11H19N2/c1-4-13(2,3)10-8-11-7-5-6-9-12-11/h5-7,9H,4,8,10H2,1-3H3/q+1. The SMILES string of the molecule is CC[N+](C)(C)CCc1ccccn1. The topological polar surface area (TPSA) is 12.9 Å². The van der Waals surface area contributed by atoms with Crippen molar-refractivity contribution in [2.24, 2.45) is 0 Å². The first-order valence-corrected chi connectivity index (χ1v) is 4.86. The van der Waals surface area contributed by atoms with E-state index in [2.05, 4.69) is 32.1 Å². The van der Waals surface area contributed by atoms with Gasteiger partial charge in [0.15, 0.2) is 0 Å². The van der Waals surface area contributed by atoms with Crippen molar-refractivity contribution >= 4 is 0 Å². The second kappa shape index (κ2) is 4.38. The normalized spacial score (nSPS) is 11.6. The highest BCUT2D eigenvalue weighted by atomic mass is 15.3. The molecule has 0 N–H and O–H groups in total. The highest BCUT2D eigenvalue weighted by Crippen LogP contribution is 2.01. The minimum Gasteiger partial charge on any atom is -0.328 e. The quantitative estimate of drug-likeness (QED) is 0.641. The molecule has 0 saturated carbocycles. The van der Waals surface area contributed by atoms with Crippen LogP contribution in [0.25, 0.3) is 0 Å². The Balaban J connectivity index is 2.44. The number of likely N-dealkylation sites (N-methyl/N-ethyl adjacent to an activating group) is 1. The maximum absolute atomic E-state index is 4.31. The molecule has 0 spiro atoms. The van der Waals surface area contributed by atoms with E-state index >= 15 is 0 Å². The Hall–Kier alpha value is -0.890. The van der Waals surface area contributed by atoms with Crippen molar-refractivity contribution in [3.8, 4) is 0 Å². The molecule has 0 aliphatic carbocycles. The van der Waals surface area contributed by atoms with Crippen LogP contribution in [0, 0.1) is 0 Å². The fourth-order valence-electron chi connectivity index (χ4n) is 1.12. The molecule has 1 aromatic rings. The number of hydrogen-bond donors (Lipinski definition) is 0. The summed E-state index contributed by atoms with van der Waals surface area (Å²) in [4.78, 5) is 4.31. The van der Waals surface area contributed by atoms with E-state index in [1.165, 1.54) is 12.2 Å². The van der Waals surface area contributed by atoms with E-state index in [0.717, 1.165) is 17.4 Å². The van der Waals surface area contributed by atoms with E-state index in [1.807, 2.05) is 18.3 Å². The van der Waals surface area contributed by atoms with E-state index in [1.54, 1.807) is 0 Å². The van der Waals surface area contributed by atoms with Crippen LogP contribution in [0.1, 0.15) is 12.6 Å². The zero-order valence-corrected chi connectivity index (χ0v) is 8.83. The van der Waals surface area contributed by atoms with Crippen LogP contribution in [0.2, 0.25) is 0 Å². The van der Waals surface area contributed by atoms with Crippen molar-refractivity contribution in [2.45, 2.75) is 13.3 Å². The average Bonchev–Trinajstić information content (AvgIpc) is 2.17. The Labute approximate surface area is 80.8 Å². The van der Waals surface area contributed by atoms with Gasteiger partial charge in [-0.05, 0) is 19.1 Å². The van der Waals surface area contributed by atoms with Crippen LogP contribution in [0.4, 0.5) is 0 Å². The highest BCUT2D eigenvalue weighted by molar-refractivity contribution is 5.03. The van der Waals surface area contributed by atoms with Crippen LogP contribution in [0.3, 0.4) is 0 Å². The summed E-state index contributed by atoms with van der Waals surface area (Å²) in [5, 5.41) is 0. The van der Waals surface area contributed by atoms with Gasteiger partial charge in [-0.25, -0.2) is 0 Å². The zero-order chi connectivity index (χ0) is 9.73. The van der Waals surface area contributed by atoms with Crippen LogP contribution in [-0.4, -0.2) is 36.7 Å². The van der Waals surface area contributed by atoms with Crippen LogP contribution < -0.4 is 0 Å². The molecule has 13 heavy (non-hydrogen) atoms. The molecule has 0 unspecified atom stereocenters. The monoisotopic (exact) mass is 179 g/mol. The van der Waals surface area contributed by atoms with Gasteiger partial charge in [-0.3, -0.25) is 4.98 Å². The summed E-state index contributed by atoms with van der Waals surface area (Å²) < 4.78 is 1.07. The van der Waals surface area contributed by atoms with E-state index in [4.69, 9.17) is 0 Å². The van der Waals surface area contributed by atoms with Gasteiger partial charge < -0.3 is 4.48 Å². The van der Waals surface area contributed by atoms with Crippen LogP contribution in [-0.2, 0) is 6.42 Å². The highest BCUT2D eigenvalue weighted by Gasteiger charge is 2.11. The number of aromatic nitrogens is 1. The molecule has 2 heteroatoms. The molecule has 1 rings (SSSR count). The molecule has 0 radical (unpaired) electrons. The average molecular weight is 179 g/mol. The molecule has 0 aliphatic rings. The van der Waals surface area contributed by atoms with Gasteiger partial charge in [-0.2, -0.15) is 0 Å². The number of quaternary nitrogens is 1. The number of pyridine rings is 1. The molecule has 72 valence electrons. The Kier molecular flexibility index (Phi) is 3.43. The van der Waals surface area contributed by atoms with Gasteiger partial charge in [0.1, 0.15) is 0 Å². The molecule has 1 aromatic heterocycles. The van der Waals surface area contributed by atoms with Gasteiger partial charge in [0.25, 0.3) is 0 Å². The van der Waals surface area contributed by atoms with E-state index < -0.39 is 0 Å². The van der Waals surface area contributed by atoms with Crippen molar-refractivity contribution in [1.29, 1.82) is 0 Å². The van der Waals surface area contributed by atoms with Gasteiger partial charge in [0.2, 0.25) is 0 Å². The molecule has 2 nitrogen and oxygen atoms in total. The van der Waals surface area contributed by atoms with E-state index in [-0.39, 0.29) is 0 Å². The molecule has 0 saturated heterocycles. The summed E-state index contributed by atoms with van der Waals surface area (Å²) in [6, 6.07) is 6.10. The predicted octanol–water partition coefficient (Wildman–Crippen LogP) is 1.72. The van der Waals surface area contributed by atoms with Gasteiger partial charge in [0, 0.05) is 18.3 Å². The van der Waals surface area contributed by atoms with Crippen molar-refractivity contribution in [2.75, 3.05) is 27.2 Å². The second-order valence-electron chi connectivity index (χ2n) is 4.05. The summed E-state index contributed by atoms with van der Waals surface area (Å²) in [5.74, 6) is 0. The molecule has 1 heterocycles. The fourth-order valence-corrected chi connectivity index (χ4v) is 1.12. The summed E-state index contributed by atoms with van der Waals surface area (Å²) >= 11 is 0. The lowest BCUT2D eigenvalue weighted by atomic mass is 10.2. The molecule has 0 bridgehead atoms.